The molecule has 2 nitrogen and oxygen atoms in total. The highest BCUT2D eigenvalue weighted by Crippen LogP contribution is 2.23. The molecule has 1 N–H and O–H groups in total. The Kier molecular flexibility index (Phi) is 3.97. The summed E-state index contributed by atoms with van der Waals surface area (Å²) in [4.78, 5) is 4.41. The molecule has 0 unspecified atom stereocenters. The van der Waals surface area contributed by atoms with Crippen molar-refractivity contribution < 1.29 is 0 Å². The zero-order valence-electron chi connectivity index (χ0n) is 10.7. The Morgan fingerprint density at radius 1 is 1.18 bits per heavy atom. The second kappa shape index (κ2) is 5.67. The first-order valence-corrected chi connectivity index (χ1v) is 6.46. The Labute approximate surface area is 103 Å². The van der Waals surface area contributed by atoms with E-state index in [9.17, 15) is 0 Å². The molecule has 0 atom stereocenters. The molecule has 0 amide bonds. The molecule has 0 radical (unpaired) electrons. The third kappa shape index (κ3) is 2.76. The largest absolute Gasteiger partial charge is 0.385 e. The van der Waals surface area contributed by atoms with Crippen molar-refractivity contribution in [1.29, 1.82) is 0 Å². The van der Waals surface area contributed by atoms with E-state index in [4.69, 9.17) is 0 Å². The van der Waals surface area contributed by atoms with Crippen LogP contribution in [0.25, 0.3) is 10.9 Å². The van der Waals surface area contributed by atoms with Crippen LogP contribution in [0.2, 0.25) is 0 Å². The molecule has 1 aromatic carbocycles. The Morgan fingerprint density at radius 2 is 2.06 bits per heavy atom. The highest BCUT2D eigenvalue weighted by molar-refractivity contribution is 5.91. The van der Waals surface area contributed by atoms with Gasteiger partial charge in [-0.25, -0.2) is 0 Å². The molecule has 0 aliphatic rings. The fourth-order valence-corrected chi connectivity index (χ4v) is 2.07. The number of anilines is 1. The summed E-state index contributed by atoms with van der Waals surface area (Å²) in [6, 6.07) is 8.65. The van der Waals surface area contributed by atoms with E-state index in [0.717, 1.165) is 18.5 Å². The minimum absolute atomic E-state index is 0.943. The molecule has 0 aliphatic heterocycles. The van der Waals surface area contributed by atoms with Gasteiger partial charge in [0.15, 0.2) is 0 Å². The molecular weight excluding hydrogens is 208 g/mol. The second-order valence-corrected chi connectivity index (χ2v) is 4.34. The smallest absolute Gasteiger partial charge is 0.0722 e. The van der Waals surface area contributed by atoms with Crippen molar-refractivity contribution in [3.8, 4) is 0 Å². The summed E-state index contributed by atoms with van der Waals surface area (Å²) >= 11 is 0. The molecule has 2 aromatic rings. The van der Waals surface area contributed by atoms with E-state index in [1.165, 1.54) is 29.5 Å². The van der Waals surface area contributed by atoms with Crippen LogP contribution in [0.5, 0.6) is 0 Å². The Morgan fingerprint density at radius 3 is 2.82 bits per heavy atom. The average molecular weight is 228 g/mol. The van der Waals surface area contributed by atoms with Gasteiger partial charge in [0.05, 0.1) is 5.52 Å². The maximum atomic E-state index is 4.41. The zero-order valence-corrected chi connectivity index (χ0v) is 10.7. The molecule has 17 heavy (non-hydrogen) atoms. The van der Waals surface area contributed by atoms with Gasteiger partial charge in [0.1, 0.15) is 0 Å². The summed E-state index contributed by atoms with van der Waals surface area (Å²) in [6.07, 6.45) is 5.52. The number of nitrogens with one attached hydrogen (secondary N) is 1. The van der Waals surface area contributed by atoms with Crippen LogP contribution in [0.4, 0.5) is 5.69 Å². The summed E-state index contributed by atoms with van der Waals surface area (Å²) in [5.41, 5.74) is 3.67. The molecule has 0 saturated heterocycles. The van der Waals surface area contributed by atoms with Crippen molar-refractivity contribution in [3.05, 3.63) is 36.0 Å². The van der Waals surface area contributed by atoms with Gasteiger partial charge in [0, 0.05) is 23.8 Å². The lowest BCUT2D eigenvalue weighted by Crippen LogP contribution is -1.98. The predicted molar refractivity (Wildman–Crippen MR) is 74.5 cm³/mol. The molecule has 0 fully saturated rings. The van der Waals surface area contributed by atoms with Crippen LogP contribution in [0.3, 0.4) is 0 Å². The van der Waals surface area contributed by atoms with Gasteiger partial charge in [-0.3, -0.25) is 4.98 Å². The number of rotatable bonds is 5. The van der Waals surface area contributed by atoms with Crippen LogP contribution in [-0.4, -0.2) is 11.5 Å². The molecule has 0 saturated carbocycles. The van der Waals surface area contributed by atoms with Gasteiger partial charge in [-0.05, 0) is 43.5 Å². The standard InChI is InChI=1S/C15H20N2/c1-3-5-6-12-7-8-14-13(11-12)15(16-4-2)9-10-17-14/h7-11H,3-6H2,1-2H3,(H,16,17). The van der Waals surface area contributed by atoms with Crippen LogP contribution in [0, 0.1) is 0 Å². The van der Waals surface area contributed by atoms with Gasteiger partial charge in [-0.2, -0.15) is 0 Å². The minimum Gasteiger partial charge on any atom is -0.385 e. The molecule has 1 aromatic heterocycles. The van der Waals surface area contributed by atoms with Crippen molar-refractivity contribution in [1.82, 2.24) is 4.98 Å². The second-order valence-electron chi connectivity index (χ2n) is 4.34. The normalized spacial score (nSPS) is 10.7. The van der Waals surface area contributed by atoms with E-state index in [1.54, 1.807) is 0 Å². The van der Waals surface area contributed by atoms with Gasteiger partial charge in [-0.1, -0.05) is 19.4 Å². The van der Waals surface area contributed by atoms with Crippen LogP contribution in [0.1, 0.15) is 32.3 Å². The molecule has 2 rings (SSSR count). The molecule has 90 valence electrons. The highest BCUT2D eigenvalue weighted by atomic mass is 14.9. The summed E-state index contributed by atoms with van der Waals surface area (Å²) in [7, 11) is 0. The quantitative estimate of drug-likeness (QED) is 0.836. The maximum absolute atomic E-state index is 4.41. The summed E-state index contributed by atoms with van der Waals surface area (Å²) < 4.78 is 0. The van der Waals surface area contributed by atoms with E-state index >= 15 is 0 Å². The Hall–Kier alpha value is -1.57. The van der Waals surface area contributed by atoms with Gasteiger partial charge in [0.25, 0.3) is 0 Å². The van der Waals surface area contributed by atoms with E-state index in [-0.39, 0.29) is 0 Å². The number of aromatic nitrogens is 1. The molecule has 2 heteroatoms. The van der Waals surface area contributed by atoms with E-state index < -0.39 is 0 Å². The fourth-order valence-electron chi connectivity index (χ4n) is 2.07. The molecule has 0 bridgehead atoms. The van der Waals surface area contributed by atoms with Gasteiger partial charge in [0.2, 0.25) is 0 Å². The van der Waals surface area contributed by atoms with Crippen molar-refractivity contribution in [3.63, 3.8) is 0 Å². The number of pyridine rings is 1. The Bertz CT molecular complexity index is 491. The van der Waals surface area contributed by atoms with Crippen molar-refractivity contribution in [2.45, 2.75) is 33.1 Å². The van der Waals surface area contributed by atoms with Gasteiger partial charge in [-0.15, -0.1) is 0 Å². The first-order chi connectivity index (χ1) is 8.35. The van der Waals surface area contributed by atoms with E-state index in [0.29, 0.717) is 0 Å². The molecule has 0 aliphatic carbocycles. The number of hydrogen-bond acceptors (Lipinski definition) is 2. The summed E-state index contributed by atoms with van der Waals surface area (Å²) in [5.74, 6) is 0. The molecule has 1 heterocycles. The topological polar surface area (TPSA) is 24.9 Å². The van der Waals surface area contributed by atoms with Crippen LogP contribution in [-0.2, 0) is 6.42 Å². The summed E-state index contributed by atoms with van der Waals surface area (Å²) in [6.45, 7) is 5.29. The van der Waals surface area contributed by atoms with Crippen molar-refractivity contribution in [2.24, 2.45) is 0 Å². The monoisotopic (exact) mass is 228 g/mol. The van der Waals surface area contributed by atoms with Crippen LogP contribution in [0.15, 0.2) is 30.5 Å². The first-order valence-electron chi connectivity index (χ1n) is 6.46. The minimum atomic E-state index is 0.943. The Balaban J connectivity index is 2.38. The highest BCUT2D eigenvalue weighted by Gasteiger charge is 2.02. The number of fused-ring (bicyclic) bond motifs is 1. The average Bonchev–Trinajstić information content (AvgIpc) is 2.37. The SMILES string of the molecule is CCCCc1ccc2nccc(NCC)c2c1. The summed E-state index contributed by atoms with van der Waals surface area (Å²) in [5, 5.41) is 4.63. The fraction of sp³-hybridized carbons (Fsp3) is 0.400. The number of hydrogen-bond donors (Lipinski definition) is 1. The molecule has 0 spiro atoms. The molecular formula is C15H20N2. The maximum Gasteiger partial charge on any atom is 0.0722 e. The number of unbranched alkanes of at least 4 members (excludes halogenated alkanes) is 1. The lowest BCUT2D eigenvalue weighted by atomic mass is 10.0. The van der Waals surface area contributed by atoms with E-state index in [1.807, 2.05) is 6.20 Å². The predicted octanol–water partition coefficient (Wildman–Crippen LogP) is 4.01. The lowest BCUT2D eigenvalue weighted by molar-refractivity contribution is 0.796. The van der Waals surface area contributed by atoms with Crippen molar-refractivity contribution in [2.75, 3.05) is 11.9 Å². The van der Waals surface area contributed by atoms with E-state index in [2.05, 4.69) is 48.4 Å². The number of nitrogens with zero attached hydrogens (tertiary/aromatic N) is 1. The van der Waals surface area contributed by atoms with Gasteiger partial charge >= 0.3 is 0 Å². The third-order valence-corrected chi connectivity index (χ3v) is 2.99. The van der Waals surface area contributed by atoms with Gasteiger partial charge < -0.3 is 5.32 Å². The number of aryl methyl sites for hydroxylation is 1. The third-order valence-electron chi connectivity index (χ3n) is 2.99. The number of benzene rings is 1. The lowest BCUT2D eigenvalue weighted by Gasteiger charge is -2.08. The zero-order chi connectivity index (χ0) is 12.1. The van der Waals surface area contributed by atoms with Crippen LogP contribution >= 0.6 is 0 Å². The van der Waals surface area contributed by atoms with Crippen molar-refractivity contribution >= 4 is 16.6 Å². The first kappa shape index (κ1) is 11.9. The van der Waals surface area contributed by atoms with Crippen LogP contribution < -0.4 is 5.32 Å².